The van der Waals surface area contributed by atoms with Crippen molar-refractivity contribution in [2.24, 2.45) is 4.99 Å². The highest BCUT2D eigenvalue weighted by Crippen LogP contribution is 2.13. The first-order chi connectivity index (χ1) is 12.1. The van der Waals surface area contributed by atoms with Crippen molar-refractivity contribution in [1.29, 1.82) is 0 Å². The largest absolute Gasteiger partial charge is 0.489 e. The number of aryl methyl sites for hydroxylation is 1. The number of rotatable bonds is 7. The van der Waals surface area contributed by atoms with E-state index in [9.17, 15) is 0 Å². The Balaban J connectivity index is 1.79. The third-order valence-corrected chi connectivity index (χ3v) is 3.53. The topological polar surface area (TPSA) is 67.8 Å². The maximum atomic E-state index is 5.91. The molecule has 1 aromatic heterocycles. The highest BCUT2D eigenvalue weighted by molar-refractivity contribution is 5.79. The van der Waals surface area contributed by atoms with Crippen LogP contribution in [0.5, 0.6) is 11.6 Å². The SMILES string of the molecule is CN=C(NCc1cccc(OC)n1)NCC(C)Oc1cccc(C)c1. The Bertz CT molecular complexity index is 703. The fourth-order valence-electron chi connectivity index (χ4n) is 2.27. The second kappa shape index (κ2) is 9.52. The van der Waals surface area contributed by atoms with Crippen LogP contribution < -0.4 is 20.1 Å². The van der Waals surface area contributed by atoms with E-state index in [1.807, 2.05) is 56.3 Å². The van der Waals surface area contributed by atoms with Gasteiger partial charge in [0, 0.05) is 13.1 Å². The summed E-state index contributed by atoms with van der Waals surface area (Å²) >= 11 is 0. The van der Waals surface area contributed by atoms with E-state index >= 15 is 0 Å². The van der Waals surface area contributed by atoms with Crippen molar-refractivity contribution in [2.45, 2.75) is 26.5 Å². The maximum absolute atomic E-state index is 5.91. The van der Waals surface area contributed by atoms with E-state index in [-0.39, 0.29) is 6.10 Å². The molecule has 0 amide bonds. The molecule has 1 heterocycles. The number of nitrogens with zero attached hydrogens (tertiary/aromatic N) is 2. The summed E-state index contributed by atoms with van der Waals surface area (Å²) in [5.41, 5.74) is 2.06. The predicted octanol–water partition coefficient (Wildman–Crippen LogP) is 2.53. The van der Waals surface area contributed by atoms with Gasteiger partial charge in [-0.1, -0.05) is 18.2 Å². The molecule has 25 heavy (non-hydrogen) atoms. The summed E-state index contributed by atoms with van der Waals surface area (Å²) in [4.78, 5) is 8.58. The lowest BCUT2D eigenvalue weighted by Crippen LogP contribution is -2.41. The quantitative estimate of drug-likeness (QED) is 0.598. The van der Waals surface area contributed by atoms with Crippen LogP contribution in [0.1, 0.15) is 18.2 Å². The first-order valence-electron chi connectivity index (χ1n) is 8.28. The van der Waals surface area contributed by atoms with Gasteiger partial charge in [-0.05, 0) is 37.6 Å². The van der Waals surface area contributed by atoms with Crippen molar-refractivity contribution >= 4 is 5.96 Å². The number of benzene rings is 1. The number of hydrogen-bond acceptors (Lipinski definition) is 4. The monoisotopic (exact) mass is 342 g/mol. The molecule has 2 N–H and O–H groups in total. The summed E-state index contributed by atoms with van der Waals surface area (Å²) in [5, 5.41) is 6.49. The Kier molecular flexibility index (Phi) is 7.07. The molecule has 134 valence electrons. The number of aromatic nitrogens is 1. The van der Waals surface area contributed by atoms with Gasteiger partial charge in [0.05, 0.1) is 25.9 Å². The average molecular weight is 342 g/mol. The van der Waals surface area contributed by atoms with Crippen LogP contribution >= 0.6 is 0 Å². The molecular weight excluding hydrogens is 316 g/mol. The lowest BCUT2D eigenvalue weighted by Gasteiger charge is -2.18. The van der Waals surface area contributed by atoms with Crippen molar-refractivity contribution in [1.82, 2.24) is 15.6 Å². The molecule has 6 nitrogen and oxygen atoms in total. The molecule has 0 aliphatic heterocycles. The van der Waals surface area contributed by atoms with Gasteiger partial charge in [0.2, 0.25) is 5.88 Å². The molecule has 0 aliphatic carbocycles. The van der Waals surface area contributed by atoms with Gasteiger partial charge >= 0.3 is 0 Å². The van der Waals surface area contributed by atoms with Gasteiger partial charge in [0.1, 0.15) is 11.9 Å². The zero-order chi connectivity index (χ0) is 18.1. The van der Waals surface area contributed by atoms with Crippen LogP contribution in [0.4, 0.5) is 0 Å². The van der Waals surface area contributed by atoms with Gasteiger partial charge in [0.25, 0.3) is 0 Å². The molecule has 6 heteroatoms. The second-order valence-electron chi connectivity index (χ2n) is 5.72. The van der Waals surface area contributed by atoms with E-state index in [4.69, 9.17) is 9.47 Å². The first-order valence-corrected chi connectivity index (χ1v) is 8.28. The van der Waals surface area contributed by atoms with E-state index in [2.05, 4.69) is 20.6 Å². The lowest BCUT2D eigenvalue weighted by atomic mass is 10.2. The molecule has 0 aliphatic rings. The Hall–Kier alpha value is -2.76. The van der Waals surface area contributed by atoms with Crippen LogP contribution in [0.3, 0.4) is 0 Å². The van der Waals surface area contributed by atoms with Crippen LogP contribution in [-0.2, 0) is 6.54 Å². The van der Waals surface area contributed by atoms with Gasteiger partial charge in [0.15, 0.2) is 5.96 Å². The number of nitrogens with one attached hydrogen (secondary N) is 2. The molecule has 0 bridgehead atoms. The molecular formula is C19H26N4O2. The van der Waals surface area contributed by atoms with Crippen molar-refractivity contribution in [3.8, 4) is 11.6 Å². The maximum Gasteiger partial charge on any atom is 0.213 e. The summed E-state index contributed by atoms with van der Waals surface area (Å²) < 4.78 is 11.0. The average Bonchev–Trinajstić information content (AvgIpc) is 2.62. The van der Waals surface area contributed by atoms with E-state index in [0.717, 1.165) is 11.4 Å². The number of hydrogen-bond donors (Lipinski definition) is 2. The third-order valence-electron chi connectivity index (χ3n) is 3.53. The van der Waals surface area contributed by atoms with Crippen LogP contribution in [0.15, 0.2) is 47.5 Å². The Morgan fingerprint density at radius 1 is 1.20 bits per heavy atom. The van der Waals surface area contributed by atoms with E-state index in [1.54, 1.807) is 14.2 Å². The molecule has 1 atom stereocenters. The molecule has 1 unspecified atom stereocenters. The van der Waals surface area contributed by atoms with Crippen molar-refractivity contribution in [3.05, 3.63) is 53.7 Å². The molecule has 0 fully saturated rings. The molecule has 2 aromatic rings. The van der Waals surface area contributed by atoms with Crippen molar-refractivity contribution in [3.63, 3.8) is 0 Å². The molecule has 0 spiro atoms. The van der Waals surface area contributed by atoms with Gasteiger partial charge in [-0.25, -0.2) is 4.98 Å². The Labute approximate surface area is 149 Å². The predicted molar refractivity (Wildman–Crippen MR) is 100 cm³/mol. The van der Waals surface area contributed by atoms with E-state index < -0.39 is 0 Å². The summed E-state index contributed by atoms with van der Waals surface area (Å²) in [6.45, 7) is 5.27. The minimum absolute atomic E-state index is 0.00953. The molecule has 2 rings (SSSR count). The highest BCUT2D eigenvalue weighted by atomic mass is 16.5. The van der Waals surface area contributed by atoms with Gasteiger partial charge in [-0.15, -0.1) is 0 Å². The number of methoxy groups -OCH3 is 1. The van der Waals surface area contributed by atoms with Gasteiger partial charge in [-0.2, -0.15) is 0 Å². The Morgan fingerprint density at radius 2 is 2.00 bits per heavy atom. The normalized spacial score (nSPS) is 12.4. The highest BCUT2D eigenvalue weighted by Gasteiger charge is 2.06. The number of aliphatic imine (C=N–C) groups is 1. The Morgan fingerprint density at radius 3 is 2.72 bits per heavy atom. The zero-order valence-electron chi connectivity index (χ0n) is 15.2. The number of guanidine groups is 1. The minimum Gasteiger partial charge on any atom is -0.489 e. The molecule has 0 saturated carbocycles. The van der Waals surface area contributed by atoms with Crippen molar-refractivity contribution < 1.29 is 9.47 Å². The summed E-state index contributed by atoms with van der Waals surface area (Å²) in [7, 11) is 3.34. The first kappa shape index (κ1) is 18.6. The number of ether oxygens (including phenoxy) is 2. The standard InChI is InChI=1S/C19H26N4O2/c1-14-7-5-9-17(11-14)25-15(2)12-21-19(20-3)22-13-16-8-6-10-18(23-16)24-4/h5-11,15H,12-13H2,1-4H3,(H2,20,21,22). The summed E-state index contributed by atoms with van der Waals surface area (Å²) in [5.74, 6) is 2.17. The zero-order valence-corrected chi connectivity index (χ0v) is 15.2. The van der Waals surface area contributed by atoms with Gasteiger partial charge < -0.3 is 20.1 Å². The molecule has 0 radical (unpaired) electrons. The van der Waals surface area contributed by atoms with E-state index in [0.29, 0.717) is 24.9 Å². The van der Waals surface area contributed by atoms with Crippen LogP contribution in [0.2, 0.25) is 0 Å². The molecule has 1 aromatic carbocycles. The minimum atomic E-state index is 0.00953. The third kappa shape index (κ3) is 6.33. The van der Waals surface area contributed by atoms with Gasteiger partial charge in [-0.3, -0.25) is 4.99 Å². The smallest absolute Gasteiger partial charge is 0.213 e. The van der Waals surface area contributed by atoms with Crippen LogP contribution in [0, 0.1) is 6.92 Å². The summed E-state index contributed by atoms with van der Waals surface area (Å²) in [6.07, 6.45) is 0.00953. The fourth-order valence-corrected chi connectivity index (χ4v) is 2.27. The lowest BCUT2D eigenvalue weighted by molar-refractivity contribution is 0.223. The van der Waals surface area contributed by atoms with Crippen LogP contribution in [0.25, 0.3) is 0 Å². The molecule has 0 saturated heterocycles. The second-order valence-corrected chi connectivity index (χ2v) is 5.72. The fraction of sp³-hybridized carbons (Fsp3) is 0.368. The van der Waals surface area contributed by atoms with Crippen molar-refractivity contribution in [2.75, 3.05) is 20.7 Å². The summed E-state index contributed by atoms with van der Waals surface area (Å²) in [6, 6.07) is 13.7. The van der Waals surface area contributed by atoms with Crippen LogP contribution in [-0.4, -0.2) is 37.7 Å². The number of pyridine rings is 1. The van der Waals surface area contributed by atoms with E-state index in [1.165, 1.54) is 5.56 Å².